The van der Waals surface area contributed by atoms with Gasteiger partial charge in [-0.1, -0.05) is 0 Å². The number of hydrogen-bond acceptors (Lipinski definition) is 4. The molecule has 1 aliphatic heterocycles. The first-order valence-electron chi connectivity index (χ1n) is 6.28. The van der Waals surface area contributed by atoms with Crippen LogP contribution in [0.2, 0.25) is 0 Å². The standard InChI is InChI=1S/C12H18BrNO3S2/c1-8-6-11(18-12(8)13)19(16,17)14-5-3-4-10(14)7-9(2)15/h6,9-10,15H,3-5,7H2,1-2H3. The number of thiophene rings is 1. The minimum absolute atomic E-state index is 0.0776. The molecular weight excluding hydrogens is 350 g/mol. The molecule has 2 rings (SSSR count). The van der Waals surface area contributed by atoms with Crippen LogP contribution < -0.4 is 0 Å². The zero-order valence-corrected chi connectivity index (χ0v) is 14.2. The van der Waals surface area contributed by atoms with E-state index in [0.29, 0.717) is 17.2 Å². The first kappa shape index (κ1) is 15.4. The molecule has 0 bridgehead atoms. The first-order chi connectivity index (χ1) is 8.82. The van der Waals surface area contributed by atoms with Crippen LogP contribution in [0.4, 0.5) is 0 Å². The zero-order valence-electron chi connectivity index (χ0n) is 11.0. The molecule has 0 saturated carbocycles. The van der Waals surface area contributed by atoms with Gasteiger partial charge in [-0.3, -0.25) is 0 Å². The first-order valence-corrected chi connectivity index (χ1v) is 9.33. The largest absolute Gasteiger partial charge is 0.393 e. The third-order valence-corrected chi connectivity index (χ3v) is 7.87. The van der Waals surface area contributed by atoms with Crippen molar-refractivity contribution in [3.05, 3.63) is 15.4 Å². The van der Waals surface area contributed by atoms with Crippen LogP contribution in [0.15, 0.2) is 14.1 Å². The van der Waals surface area contributed by atoms with E-state index in [1.807, 2.05) is 6.92 Å². The van der Waals surface area contributed by atoms with Gasteiger partial charge in [0.15, 0.2) is 0 Å². The van der Waals surface area contributed by atoms with Crippen molar-refractivity contribution in [2.24, 2.45) is 0 Å². The summed E-state index contributed by atoms with van der Waals surface area (Å²) in [6.07, 6.45) is 1.72. The molecule has 0 radical (unpaired) electrons. The second kappa shape index (κ2) is 5.81. The van der Waals surface area contributed by atoms with Crippen molar-refractivity contribution in [1.29, 1.82) is 0 Å². The smallest absolute Gasteiger partial charge is 0.252 e. The summed E-state index contributed by atoms with van der Waals surface area (Å²) >= 11 is 4.62. The normalized spacial score (nSPS) is 22.8. The summed E-state index contributed by atoms with van der Waals surface area (Å²) in [7, 11) is -3.42. The molecule has 2 unspecified atom stereocenters. The topological polar surface area (TPSA) is 57.6 Å². The van der Waals surface area contributed by atoms with E-state index < -0.39 is 16.1 Å². The molecule has 1 aromatic rings. The monoisotopic (exact) mass is 367 g/mol. The number of halogens is 1. The van der Waals surface area contributed by atoms with Crippen LogP contribution in [0.3, 0.4) is 0 Å². The molecule has 4 nitrogen and oxygen atoms in total. The van der Waals surface area contributed by atoms with Crippen molar-refractivity contribution >= 4 is 37.3 Å². The van der Waals surface area contributed by atoms with E-state index in [1.165, 1.54) is 11.3 Å². The number of rotatable bonds is 4. The minimum Gasteiger partial charge on any atom is -0.393 e. The Balaban J connectivity index is 2.28. The van der Waals surface area contributed by atoms with Gasteiger partial charge >= 0.3 is 0 Å². The number of hydrogen-bond donors (Lipinski definition) is 1. The van der Waals surface area contributed by atoms with E-state index >= 15 is 0 Å². The number of aryl methyl sites for hydroxylation is 1. The molecule has 108 valence electrons. The predicted molar refractivity (Wildman–Crippen MR) is 80.0 cm³/mol. The van der Waals surface area contributed by atoms with E-state index in [-0.39, 0.29) is 6.04 Å². The molecule has 19 heavy (non-hydrogen) atoms. The lowest BCUT2D eigenvalue weighted by Crippen LogP contribution is -2.36. The number of nitrogens with zero attached hydrogens (tertiary/aromatic N) is 1. The summed E-state index contributed by atoms with van der Waals surface area (Å²) in [5.41, 5.74) is 0.940. The summed E-state index contributed by atoms with van der Waals surface area (Å²) in [5, 5.41) is 9.49. The van der Waals surface area contributed by atoms with Crippen molar-refractivity contribution in [3.63, 3.8) is 0 Å². The highest BCUT2D eigenvalue weighted by Crippen LogP contribution is 2.35. The molecule has 1 fully saturated rings. The fraction of sp³-hybridized carbons (Fsp3) is 0.667. The predicted octanol–water partition coefficient (Wildman–Crippen LogP) is 2.74. The van der Waals surface area contributed by atoms with Gasteiger partial charge in [0.2, 0.25) is 0 Å². The summed E-state index contributed by atoms with van der Waals surface area (Å²) < 4.78 is 28.0. The summed E-state index contributed by atoms with van der Waals surface area (Å²) in [6, 6.07) is 1.63. The molecule has 2 heterocycles. The van der Waals surface area contributed by atoms with Crippen molar-refractivity contribution < 1.29 is 13.5 Å². The summed E-state index contributed by atoms with van der Waals surface area (Å²) in [4.78, 5) is 0. The van der Waals surface area contributed by atoms with Gasteiger partial charge in [0.1, 0.15) is 4.21 Å². The van der Waals surface area contributed by atoms with E-state index in [4.69, 9.17) is 0 Å². The second-order valence-electron chi connectivity index (χ2n) is 5.02. The Labute approximate surface area is 126 Å². The highest BCUT2D eigenvalue weighted by atomic mass is 79.9. The fourth-order valence-electron chi connectivity index (χ4n) is 2.43. The van der Waals surface area contributed by atoms with Gasteiger partial charge in [0, 0.05) is 12.6 Å². The lowest BCUT2D eigenvalue weighted by Gasteiger charge is -2.24. The number of sulfonamides is 1. The van der Waals surface area contributed by atoms with Gasteiger partial charge in [-0.25, -0.2) is 8.42 Å². The molecule has 1 aliphatic rings. The van der Waals surface area contributed by atoms with Gasteiger partial charge in [-0.2, -0.15) is 4.31 Å². The van der Waals surface area contributed by atoms with E-state index in [1.54, 1.807) is 17.3 Å². The van der Waals surface area contributed by atoms with Crippen LogP contribution in [-0.4, -0.2) is 36.5 Å². The average Bonchev–Trinajstić information content (AvgIpc) is 2.87. The molecule has 2 atom stereocenters. The Bertz CT molecular complexity index is 534. The third-order valence-electron chi connectivity index (χ3n) is 3.33. The Kier molecular flexibility index (Phi) is 4.72. The van der Waals surface area contributed by atoms with Crippen LogP contribution in [-0.2, 0) is 10.0 Å². The molecule has 1 saturated heterocycles. The zero-order chi connectivity index (χ0) is 14.2. The Hall–Kier alpha value is 0.0500. The second-order valence-corrected chi connectivity index (χ2v) is 9.51. The van der Waals surface area contributed by atoms with Gasteiger partial charge in [0.05, 0.1) is 9.89 Å². The van der Waals surface area contributed by atoms with Gasteiger partial charge in [-0.15, -0.1) is 11.3 Å². The SMILES string of the molecule is Cc1cc(S(=O)(=O)N2CCCC2CC(C)O)sc1Br. The fourth-order valence-corrected chi connectivity index (χ4v) is 6.49. The Morgan fingerprint density at radius 2 is 2.32 bits per heavy atom. The molecule has 7 heteroatoms. The maximum atomic E-state index is 12.6. The molecule has 1 aromatic heterocycles. The molecule has 0 aromatic carbocycles. The highest BCUT2D eigenvalue weighted by molar-refractivity contribution is 9.11. The molecule has 0 aliphatic carbocycles. The minimum atomic E-state index is -3.42. The van der Waals surface area contributed by atoms with Crippen LogP contribution in [0.25, 0.3) is 0 Å². The summed E-state index contributed by atoms with van der Waals surface area (Å²) in [5.74, 6) is 0. The Morgan fingerprint density at radius 1 is 1.63 bits per heavy atom. The number of aliphatic hydroxyl groups excluding tert-OH is 1. The van der Waals surface area contributed by atoms with Gasteiger partial charge in [-0.05, 0) is 60.7 Å². The molecule has 1 N–H and O–H groups in total. The van der Waals surface area contributed by atoms with Crippen molar-refractivity contribution in [3.8, 4) is 0 Å². The highest BCUT2D eigenvalue weighted by Gasteiger charge is 2.36. The lowest BCUT2D eigenvalue weighted by molar-refractivity contribution is 0.158. The maximum Gasteiger partial charge on any atom is 0.252 e. The molecule has 0 amide bonds. The average molecular weight is 368 g/mol. The molecular formula is C12H18BrNO3S2. The van der Waals surface area contributed by atoms with Crippen molar-refractivity contribution in [2.45, 2.75) is 49.5 Å². The summed E-state index contributed by atoms with van der Waals surface area (Å²) in [6.45, 7) is 4.14. The lowest BCUT2D eigenvalue weighted by atomic mass is 10.1. The van der Waals surface area contributed by atoms with Crippen molar-refractivity contribution in [1.82, 2.24) is 4.31 Å². The maximum absolute atomic E-state index is 12.6. The third kappa shape index (κ3) is 3.21. The van der Waals surface area contributed by atoms with E-state index in [2.05, 4.69) is 15.9 Å². The number of aliphatic hydroxyl groups is 1. The Morgan fingerprint density at radius 3 is 2.84 bits per heavy atom. The quantitative estimate of drug-likeness (QED) is 0.889. The van der Waals surface area contributed by atoms with E-state index in [0.717, 1.165) is 22.2 Å². The van der Waals surface area contributed by atoms with Crippen LogP contribution in [0.5, 0.6) is 0 Å². The van der Waals surface area contributed by atoms with E-state index in [9.17, 15) is 13.5 Å². The van der Waals surface area contributed by atoms with Crippen molar-refractivity contribution in [2.75, 3.05) is 6.54 Å². The molecule has 0 spiro atoms. The van der Waals surface area contributed by atoms with Crippen LogP contribution in [0.1, 0.15) is 31.7 Å². The van der Waals surface area contributed by atoms with Crippen LogP contribution >= 0.6 is 27.3 Å². The van der Waals surface area contributed by atoms with Crippen LogP contribution in [0, 0.1) is 6.92 Å². The van der Waals surface area contributed by atoms with Gasteiger partial charge < -0.3 is 5.11 Å². The van der Waals surface area contributed by atoms with Gasteiger partial charge in [0.25, 0.3) is 10.0 Å².